The van der Waals surface area contributed by atoms with Gasteiger partial charge in [-0.15, -0.1) is 0 Å². The molecule has 0 bridgehead atoms. The van der Waals surface area contributed by atoms with Crippen molar-refractivity contribution in [3.63, 3.8) is 0 Å². The van der Waals surface area contributed by atoms with E-state index in [1.165, 1.54) is 0 Å². The Kier molecular flexibility index (Phi) is 3.20. The average molecular weight is 257 g/mol. The van der Waals surface area contributed by atoms with E-state index in [2.05, 4.69) is 4.99 Å². The van der Waals surface area contributed by atoms with Crippen molar-refractivity contribution in [3.05, 3.63) is 23.8 Å². The standard InChI is InChI=1S/C9H5F6NO/c10-8(11,12)6-2-1-3-7(4-6,16-5-17)9(13,14)15/h1-3H,4H2. The fourth-order valence-corrected chi connectivity index (χ4v) is 1.34. The van der Waals surface area contributed by atoms with Crippen LogP contribution in [0.5, 0.6) is 0 Å². The highest BCUT2D eigenvalue weighted by Gasteiger charge is 2.57. The lowest BCUT2D eigenvalue weighted by atomic mass is 9.86. The van der Waals surface area contributed by atoms with E-state index >= 15 is 0 Å². The number of carbonyl (C=O) groups excluding carboxylic acids is 1. The molecule has 8 heteroatoms. The van der Waals surface area contributed by atoms with E-state index in [1.807, 2.05) is 0 Å². The van der Waals surface area contributed by atoms with Crippen LogP contribution < -0.4 is 0 Å². The summed E-state index contributed by atoms with van der Waals surface area (Å²) in [4.78, 5) is 12.4. The third kappa shape index (κ3) is 2.58. The van der Waals surface area contributed by atoms with E-state index in [0.717, 1.165) is 0 Å². The summed E-state index contributed by atoms with van der Waals surface area (Å²) in [5.41, 5.74) is -4.56. The summed E-state index contributed by atoms with van der Waals surface area (Å²) >= 11 is 0. The first kappa shape index (κ1) is 13.5. The van der Waals surface area contributed by atoms with Crippen molar-refractivity contribution in [2.45, 2.75) is 24.3 Å². The molecular weight excluding hydrogens is 252 g/mol. The molecule has 0 aromatic carbocycles. The SMILES string of the molecule is O=C=NC1(C(F)(F)F)C=CC=C(C(F)(F)F)C1. The summed E-state index contributed by atoms with van der Waals surface area (Å²) in [5, 5.41) is 0. The number of halogens is 6. The summed E-state index contributed by atoms with van der Waals surface area (Å²) in [6.07, 6.45) is -9.26. The minimum absolute atomic E-state index is 0.410. The normalized spacial score (nSPS) is 25.2. The molecule has 0 amide bonds. The number of rotatable bonds is 1. The average Bonchev–Trinajstić information content (AvgIpc) is 2.15. The van der Waals surface area contributed by atoms with Crippen LogP contribution in [-0.4, -0.2) is 24.0 Å². The molecule has 0 N–H and O–H groups in total. The molecule has 1 aliphatic carbocycles. The molecule has 1 unspecified atom stereocenters. The third-order valence-electron chi connectivity index (χ3n) is 2.23. The van der Waals surface area contributed by atoms with Gasteiger partial charge in [0.1, 0.15) is 0 Å². The Morgan fingerprint density at radius 2 is 1.82 bits per heavy atom. The first-order chi connectivity index (χ1) is 7.62. The molecular formula is C9H5F6NO. The van der Waals surface area contributed by atoms with Gasteiger partial charge in [0.25, 0.3) is 0 Å². The second kappa shape index (κ2) is 4.03. The topological polar surface area (TPSA) is 29.4 Å². The largest absolute Gasteiger partial charge is 0.418 e. The van der Waals surface area contributed by atoms with E-state index in [-0.39, 0.29) is 0 Å². The van der Waals surface area contributed by atoms with Crippen molar-refractivity contribution in [1.29, 1.82) is 0 Å². The van der Waals surface area contributed by atoms with Crippen molar-refractivity contribution in [3.8, 4) is 0 Å². The highest BCUT2D eigenvalue weighted by atomic mass is 19.4. The molecule has 0 saturated heterocycles. The van der Waals surface area contributed by atoms with Gasteiger partial charge in [-0.1, -0.05) is 12.2 Å². The van der Waals surface area contributed by atoms with Gasteiger partial charge in [0.15, 0.2) is 5.54 Å². The summed E-state index contributed by atoms with van der Waals surface area (Å²) < 4.78 is 74.8. The smallest absolute Gasteiger partial charge is 0.211 e. The van der Waals surface area contributed by atoms with E-state index in [1.54, 1.807) is 0 Å². The number of isocyanates is 1. The lowest BCUT2D eigenvalue weighted by molar-refractivity contribution is -0.175. The molecule has 94 valence electrons. The number of hydrogen-bond donors (Lipinski definition) is 0. The molecule has 0 aliphatic heterocycles. The molecule has 17 heavy (non-hydrogen) atoms. The van der Waals surface area contributed by atoms with Crippen LogP contribution in [-0.2, 0) is 4.79 Å². The lowest BCUT2D eigenvalue weighted by Crippen LogP contribution is -2.44. The molecule has 0 aromatic rings. The van der Waals surface area contributed by atoms with Crippen molar-refractivity contribution in [2.75, 3.05) is 0 Å². The zero-order chi connectivity index (χ0) is 13.3. The van der Waals surface area contributed by atoms with Crippen LogP contribution in [0.4, 0.5) is 26.3 Å². The van der Waals surface area contributed by atoms with Crippen molar-refractivity contribution in [1.82, 2.24) is 0 Å². The summed E-state index contributed by atoms with van der Waals surface area (Å²) in [6.45, 7) is 0. The van der Waals surface area contributed by atoms with Gasteiger partial charge < -0.3 is 0 Å². The van der Waals surface area contributed by atoms with Crippen LogP contribution in [0, 0.1) is 0 Å². The van der Waals surface area contributed by atoms with Crippen LogP contribution in [0.1, 0.15) is 6.42 Å². The molecule has 0 saturated carbocycles. The van der Waals surface area contributed by atoms with Gasteiger partial charge in [-0.05, 0) is 6.08 Å². The number of alkyl halides is 6. The second-order valence-corrected chi connectivity index (χ2v) is 3.35. The molecule has 0 heterocycles. The number of nitrogens with zero attached hydrogens (tertiary/aromatic N) is 1. The molecule has 1 atom stereocenters. The van der Waals surface area contributed by atoms with Crippen LogP contribution in [0.2, 0.25) is 0 Å². The number of hydrogen-bond acceptors (Lipinski definition) is 2. The first-order valence-corrected chi connectivity index (χ1v) is 4.24. The van der Waals surface area contributed by atoms with Crippen LogP contribution >= 0.6 is 0 Å². The fraction of sp³-hybridized carbons (Fsp3) is 0.444. The van der Waals surface area contributed by atoms with Crippen LogP contribution in [0.25, 0.3) is 0 Å². The molecule has 1 rings (SSSR count). The number of allylic oxidation sites excluding steroid dienone is 2. The lowest BCUT2D eigenvalue weighted by Gasteiger charge is -2.30. The Hall–Kier alpha value is -1.56. The third-order valence-corrected chi connectivity index (χ3v) is 2.23. The minimum Gasteiger partial charge on any atom is -0.211 e. The highest BCUT2D eigenvalue weighted by Crippen LogP contribution is 2.45. The van der Waals surface area contributed by atoms with Gasteiger partial charge in [0.05, 0.1) is 0 Å². The highest BCUT2D eigenvalue weighted by molar-refractivity contribution is 5.41. The molecule has 0 spiro atoms. The Morgan fingerprint density at radius 1 is 1.24 bits per heavy atom. The van der Waals surface area contributed by atoms with E-state index in [4.69, 9.17) is 0 Å². The Labute approximate surface area is 91.3 Å². The maximum Gasteiger partial charge on any atom is 0.418 e. The maximum atomic E-state index is 12.6. The Bertz CT molecular complexity index is 412. The second-order valence-electron chi connectivity index (χ2n) is 3.35. The van der Waals surface area contributed by atoms with Gasteiger partial charge in [-0.3, -0.25) is 0 Å². The van der Waals surface area contributed by atoms with E-state index < -0.39 is 29.9 Å². The quantitative estimate of drug-likeness (QED) is 0.403. The van der Waals surface area contributed by atoms with Crippen LogP contribution in [0.15, 0.2) is 28.8 Å². The Balaban J connectivity index is 3.21. The zero-order valence-electron chi connectivity index (χ0n) is 8.06. The van der Waals surface area contributed by atoms with Crippen molar-refractivity contribution >= 4 is 6.08 Å². The minimum atomic E-state index is -5.09. The van der Waals surface area contributed by atoms with Gasteiger partial charge in [-0.25, -0.2) is 4.79 Å². The fourth-order valence-electron chi connectivity index (χ4n) is 1.34. The first-order valence-electron chi connectivity index (χ1n) is 4.24. The van der Waals surface area contributed by atoms with E-state index in [9.17, 15) is 31.1 Å². The molecule has 0 aromatic heterocycles. The molecule has 0 fully saturated rings. The van der Waals surface area contributed by atoms with Crippen molar-refractivity contribution in [2.24, 2.45) is 4.99 Å². The Morgan fingerprint density at radius 3 is 2.24 bits per heavy atom. The monoisotopic (exact) mass is 257 g/mol. The summed E-state index contributed by atoms with van der Waals surface area (Å²) in [7, 11) is 0. The number of aliphatic imine (C=N–C) groups is 1. The van der Waals surface area contributed by atoms with Gasteiger partial charge >= 0.3 is 12.4 Å². The molecule has 0 radical (unpaired) electrons. The van der Waals surface area contributed by atoms with Gasteiger partial charge in [0.2, 0.25) is 6.08 Å². The zero-order valence-corrected chi connectivity index (χ0v) is 8.06. The van der Waals surface area contributed by atoms with Gasteiger partial charge in [-0.2, -0.15) is 31.3 Å². The van der Waals surface area contributed by atoms with Crippen LogP contribution in [0.3, 0.4) is 0 Å². The van der Waals surface area contributed by atoms with Crippen molar-refractivity contribution < 1.29 is 31.1 Å². The van der Waals surface area contributed by atoms with Gasteiger partial charge in [0, 0.05) is 12.0 Å². The van der Waals surface area contributed by atoms with E-state index in [0.29, 0.717) is 24.3 Å². The maximum absolute atomic E-state index is 12.6. The summed E-state index contributed by atoms with van der Waals surface area (Å²) in [5.74, 6) is 0. The summed E-state index contributed by atoms with van der Waals surface area (Å²) in [6, 6.07) is 0. The molecule has 2 nitrogen and oxygen atoms in total. The predicted octanol–water partition coefficient (Wildman–Crippen LogP) is 3.07. The predicted molar refractivity (Wildman–Crippen MR) is 44.8 cm³/mol. The molecule has 1 aliphatic rings.